The lowest BCUT2D eigenvalue weighted by atomic mass is 10.1. The summed E-state index contributed by atoms with van der Waals surface area (Å²) in [5.74, 6) is 2.14. The molecule has 3 nitrogen and oxygen atoms in total. The van der Waals surface area contributed by atoms with Gasteiger partial charge in [-0.05, 0) is 12.2 Å². The zero-order chi connectivity index (χ0) is 14.2. The average Bonchev–Trinajstić information content (AvgIpc) is 2.92. The van der Waals surface area contributed by atoms with Gasteiger partial charge in [-0.25, -0.2) is 0 Å². The molecule has 0 aliphatic heterocycles. The number of thioether (sulfide) groups is 2. The van der Waals surface area contributed by atoms with Crippen molar-refractivity contribution in [3.05, 3.63) is 35.9 Å². The fraction of sp³-hybridized carbons (Fsp3) is 0.357. The molecule has 1 aromatic carbocycles. The maximum Gasteiger partial charge on any atom is 0.175 e. The summed E-state index contributed by atoms with van der Waals surface area (Å²) in [5.41, 5.74) is 0.801. The monoisotopic (exact) mass is 324 g/mol. The standard InChI is InChI=1S/C14H16N2OS3/c1-2-18-13-15-16-14(20-13)19-10-6-9-12(17)11-7-4-3-5-8-11/h3-5,7-8H,2,6,9-10H2,1H3. The predicted molar refractivity (Wildman–Crippen MR) is 87.0 cm³/mol. The van der Waals surface area contributed by atoms with Crippen LogP contribution >= 0.6 is 34.9 Å². The van der Waals surface area contributed by atoms with Crippen molar-refractivity contribution in [3.63, 3.8) is 0 Å². The van der Waals surface area contributed by atoms with Gasteiger partial charge in [0.25, 0.3) is 0 Å². The van der Waals surface area contributed by atoms with E-state index < -0.39 is 0 Å². The topological polar surface area (TPSA) is 42.9 Å². The highest BCUT2D eigenvalue weighted by atomic mass is 32.2. The zero-order valence-electron chi connectivity index (χ0n) is 11.2. The van der Waals surface area contributed by atoms with Crippen molar-refractivity contribution >= 4 is 40.6 Å². The van der Waals surface area contributed by atoms with Crippen LogP contribution in [0.1, 0.15) is 30.1 Å². The third-order valence-corrected chi connectivity index (χ3v) is 5.68. The lowest BCUT2D eigenvalue weighted by Crippen LogP contribution is -1.98. The van der Waals surface area contributed by atoms with Crippen molar-refractivity contribution in [2.24, 2.45) is 0 Å². The van der Waals surface area contributed by atoms with E-state index in [1.807, 2.05) is 30.3 Å². The number of ketones is 1. The summed E-state index contributed by atoms with van der Waals surface area (Å²) in [7, 11) is 0. The number of hydrogen-bond donors (Lipinski definition) is 0. The molecule has 0 atom stereocenters. The highest BCUT2D eigenvalue weighted by molar-refractivity contribution is 8.03. The van der Waals surface area contributed by atoms with Gasteiger partial charge < -0.3 is 0 Å². The molecule has 2 aromatic rings. The number of rotatable bonds is 8. The van der Waals surface area contributed by atoms with Crippen molar-refractivity contribution < 1.29 is 4.79 Å². The minimum absolute atomic E-state index is 0.214. The number of nitrogens with zero attached hydrogens (tertiary/aromatic N) is 2. The molecule has 0 spiro atoms. The lowest BCUT2D eigenvalue weighted by Gasteiger charge is -1.99. The van der Waals surface area contributed by atoms with Crippen LogP contribution in [0.2, 0.25) is 0 Å². The van der Waals surface area contributed by atoms with Gasteiger partial charge in [0.1, 0.15) is 0 Å². The number of carbonyl (C=O) groups excluding carboxylic acids is 1. The van der Waals surface area contributed by atoms with Crippen LogP contribution in [0.4, 0.5) is 0 Å². The van der Waals surface area contributed by atoms with Gasteiger partial charge in [-0.15, -0.1) is 10.2 Å². The molecule has 0 saturated carbocycles. The second-order valence-corrected chi connectivity index (χ2v) is 7.84. The van der Waals surface area contributed by atoms with Crippen molar-refractivity contribution in [2.45, 2.75) is 28.4 Å². The third-order valence-electron chi connectivity index (χ3n) is 2.53. The van der Waals surface area contributed by atoms with E-state index in [-0.39, 0.29) is 5.78 Å². The molecular weight excluding hydrogens is 308 g/mol. The first-order valence-corrected chi connectivity index (χ1v) is 9.25. The van der Waals surface area contributed by atoms with E-state index in [0.717, 1.165) is 32.2 Å². The Bertz CT molecular complexity index is 542. The van der Waals surface area contributed by atoms with E-state index in [4.69, 9.17) is 0 Å². The molecule has 0 saturated heterocycles. The van der Waals surface area contributed by atoms with Gasteiger partial charge in [0, 0.05) is 17.7 Å². The Hall–Kier alpha value is -0.850. The summed E-state index contributed by atoms with van der Waals surface area (Å²) in [6.07, 6.45) is 1.46. The molecule has 2 rings (SSSR count). The van der Waals surface area contributed by atoms with E-state index in [9.17, 15) is 4.79 Å². The van der Waals surface area contributed by atoms with Gasteiger partial charge >= 0.3 is 0 Å². The highest BCUT2D eigenvalue weighted by Gasteiger charge is 2.07. The first-order valence-electron chi connectivity index (χ1n) is 6.47. The second kappa shape index (κ2) is 8.44. The lowest BCUT2D eigenvalue weighted by molar-refractivity contribution is 0.0982. The van der Waals surface area contributed by atoms with E-state index in [0.29, 0.717) is 6.42 Å². The van der Waals surface area contributed by atoms with E-state index in [2.05, 4.69) is 17.1 Å². The number of hydrogen-bond acceptors (Lipinski definition) is 6. The minimum atomic E-state index is 0.214. The van der Waals surface area contributed by atoms with Crippen LogP contribution in [-0.2, 0) is 0 Å². The summed E-state index contributed by atoms with van der Waals surface area (Å²) in [6, 6.07) is 9.46. The van der Waals surface area contributed by atoms with E-state index >= 15 is 0 Å². The highest BCUT2D eigenvalue weighted by Crippen LogP contribution is 2.29. The van der Waals surface area contributed by atoms with Gasteiger partial charge in [0.2, 0.25) is 0 Å². The Morgan fingerprint density at radius 3 is 2.55 bits per heavy atom. The number of aromatic nitrogens is 2. The molecule has 0 aliphatic carbocycles. The summed E-state index contributed by atoms with van der Waals surface area (Å²) >= 11 is 5.03. The summed E-state index contributed by atoms with van der Waals surface area (Å²) in [5, 5.41) is 8.25. The van der Waals surface area contributed by atoms with Gasteiger partial charge in [-0.3, -0.25) is 4.79 Å². The average molecular weight is 324 g/mol. The van der Waals surface area contributed by atoms with Crippen LogP contribution in [0.25, 0.3) is 0 Å². The normalized spacial score (nSPS) is 10.7. The van der Waals surface area contributed by atoms with Crippen LogP contribution in [0, 0.1) is 0 Å². The van der Waals surface area contributed by atoms with Crippen LogP contribution in [-0.4, -0.2) is 27.5 Å². The molecule has 0 radical (unpaired) electrons. The molecule has 0 bridgehead atoms. The molecule has 0 amide bonds. The molecule has 0 unspecified atom stereocenters. The van der Waals surface area contributed by atoms with E-state index in [1.165, 1.54) is 0 Å². The molecule has 0 fully saturated rings. The molecule has 1 aromatic heterocycles. The van der Waals surface area contributed by atoms with E-state index in [1.54, 1.807) is 34.9 Å². The number of benzene rings is 1. The Morgan fingerprint density at radius 2 is 1.85 bits per heavy atom. The van der Waals surface area contributed by atoms with Crippen molar-refractivity contribution in [1.29, 1.82) is 0 Å². The molecule has 6 heteroatoms. The number of Topliss-reactive ketones (excluding diaryl/α,β-unsaturated/α-hetero) is 1. The fourth-order valence-corrected chi connectivity index (χ4v) is 4.52. The van der Waals surface area contributed by atoms with Gasteiger partial charge in [0.15, 0.2) is 14.5 Å². The van der Waals surface area contributed by atoms with Gasteiger partial charge in [-0.2, -0.15) is 0 Å². The van der Waals surface area contributed by atoms with Crippen molar-refractivity contribution in [1.82, 2.24) is 10.2 Å². The quantitative estimate of drug-likeness (QED) is 0.409. The van der Waals surface area contributed by atoms with Crippen LogP contribution < -0.4 is 0 Å². The fourth-order valence-electron chi connectivity index (χ4n) is 1.60. The summed E-state index contributed by atoms with van der Waals surface area (Å²) < 4.78 is 2.02. The van der Waals surface area contributed by atoms with Crippen LogP contribution in [0.3, 0.4) is 0 Å². The first-order chi connectivity index (χ1) is 9.79. The van der Waals surface area contributed by atoms with Crippen molar-refractivity contribution in [2.75, 3.05) is 11.5 Å². The van der Waals surface area contributed by atoms with Crippen molar-refractivity contribution in [3.8, 4) is 0 Å². The maximum atomic E-state index is 11.9. The molecular formula is C14H16N2OS3. The largest absolute Gasteiger partial charge is 0.294 e. The SMILES string of the molecule is CCSc1nnc(SCCCC(=O)c2ccccc2)s1. The molecule has 1 heterocycles. The molecule has 0 aliphatic rings. The third kappa shape index (κ3) is 4.92. The molecule has 0 N–H and O–H groups in total. The Morgan fingerprint density at radius 1 is 1.15 bits per heavy atom. The Kier molecular flexibility index (Phi) is 6.56. The van der Waals surface area contributed by atoms with Gasteiger partial charge in [-0.1, -0.05) is 72.1 Å². The van der Waals surface area contributed by atoms with Crippen LogP contribution in [0.5, 0.6) is 0 Å². The van der Waals surface area contributed by atoms with Gasteiger partial charge in [0.05, 0.1) is 0 Å². The first kappa shape index (κ1) is 15.5. The molecule has 20 heavy (non-hydrogen) atoms. The predicted octanol–water partition coefficient (Wildman–Crippen LogP) is 4.41. The Balaban J connectivity index is 1.69. The van der Waals surface area contributed by atoms with Crippen LogP contribution in [0.15, 0.2) is 39.0 Å². The molecule has 106 valence electrons. The maximum absolute atomic E-state index is 11.9. The number of carbonyl (C=O) groups is 1. The Labute approximate surface area is 131 Å². The minimum Gasteiger partial charge on any atom is -0.294 e. The smallest absolute Gasteiger partial charge is 0.175 e. The zero-order valence-corrected chi connectivity index (χ0v) is 13.7. The second-order valence-electron chi connectivity index (χ2n) is 4.01. The summed E-state index contributed by atoms with van der Waals surface area (Å²) in [4.78, 5) is 11.9. The summed E-state index contributed by atoms with van der Waals surface area (Å²) in [6.45, 7) is 2.11.